The zero-order valence-electron chi connectivity index (χ0n) is 15.5. The number of hydrogen-bond acceptors (Lipinski definition) is 3. The Bertz CT molecular complexity index is 790. The molecule has 1 aromatic carbocycles. The molecule has 1 N–H and O–H groups in total. The predicted octanol–water partition coefficient (Wildman–Crippen LogP) is 2.87. The van der Waals surface area contributed by atoms with Crippen molar-refractivity contribution in [1.29, 1.82) is 0 Å². The second-order valence-corrected chi connectivity index (χ2v) is 7.70. The van der Waals surface area contributed by atoms with Gasteiger partial charge in [-0.15, -0.1) is 0 Å². The number of aromatic nitrogens is 1. The maximum atomic E-state index is 12.7. The molecule has 1 atom stereocenters. The summed E-state index contributed by atoms with van der Waals surface area (Å²) in [7, 11) is 0. The minimum atomic E-state index is -0.414. The lowest BCUT2D eigenvalue weighted by Crippen LogP contribution is -2.56. The molecule has 0 aliphatic carbocycles. The van der Waals surface area contributed by atoms with Crippen molar-refractivity contribution < 1.29 is 14.6 Å². The van der Waals surface area contributed by atoms with Crippen molar-refractivity contribution in [3.8, 4) is 0 Å². The highest BCUT2D eigenvalue weighted by Gasteiger charge is 2.44. The van der Waals surface area contributed by atoms with E-state index in [-0.39, 0.29) is 12.0 Å². The number of ether oxygens (including phenoxy) is 1. The van der Waals surface area contributed by atoms with Crippen LogP contribution in [0.2, 0.25) is 0 Å². The second kappa shape index (κ2) is 7.05. The molecule has 2 aliphatic heterocycles. The van der Waals surface area contributed by atoms with Crippen LogP contribution in [0.3, 0.4) is 0 Å². The number of nitrogens with zero attached hydrogens (tertiary/aromatic N) is 2. The second-order valence-electron chi connectivity index (χ2n) is 7.70. The zero-order chi connectivity index (χ0) is 18.1. The number of likely N-dealkylation sites (tertiary alicyclic amines) is 1. The molecule has 3 heterocycles. The van der Waals surface area contributed by atoms with E-state index in [0.717, 1.165) is 32.3 Å². The Hall–Kier alpha value is -1.85. The van der Waals surface area contributed by atoms with Crippen LogP contribution in [0.1, 0.15) is 37.8 Å². The van der Waals surface area contributed by atoms with E-state index in [9.17, 15) is 9.90 Å². The Balaban J connectivity index is 1.36. The summed E-state index contributed by atoms with van der Waals surface area (Å²) >= 11 is 0. The van der Waals surface area contributed by atoms with Gasteiger partial charge in [-0.25, -0.2) is 0 Å². The third-order valence-electron chi connectivity index (χ3n) is 6.15. The molecule has 0 saturated carbocycles. The molecule has 1 unspecified atom stereocenters. The molecule has 4 rings (SSSR count). The Labute approximate surface area is 154 Å². The summed E-state index contributed by atoms with van der Waals surface area (Å²) in [5.41, 5.74) is 1.96. The van der Waals surface area contributed by atoms with Crippen LogP contribution in [0, 0.1) is 6.92 Å². The van der Waals surface area contributed by atoms with Crippen LogP contribution in [0.5, 0.6) is 0 Å². The lowest BCUT2D eigenvalue weighted by Gasteiger charge is -2.46. The van der Waals surface area contributed by atoms with Crippen LogP contribution in [0.15, 0.2) is 30.3 Å². The lowest BCUT2D eigenvalue weighted by molar-refractivity contribution is -0.179. The Morgan fingerprint density at radius 2 is 2.08 bits per heavy atom. The summed E-state index contributed by atoms with van der Waals surface area (Å²) in [5, 5.41) is 11.6. The highest BCUT2D eigenvalue weighted by atomic mass is 16.5. The zero-order valence-corrected chi connectivity index (χ0v) is 15.5. The molecular weight excluding hydrogens is 328 g/mol. The summed E-state index contributed by atoms with van der Waals surface area (Å²) in [6, 6.07) is 10.5. The molecule has 0 bridgehead atoms. The number of rotatable bonds is 3. The maximum absolute atomic E-state index is 12.7. The minimum Gasteiger partial charge on any atom is -0.390 e. The van der Waals surface area contributed by atoms with Crippen LogP contribution in [-0.2, 0) is 16.1 Å². The number of fused-ring (bicyclic) bond motifs is 1. The van der Waals surface area contributed by atoms with Gasteiger partial charge >= 0.3 is 0 Å². The van der Waals surface area contributed by atoms with E-state index in [1.54, 1.807) is 0 Å². The standard InChI is InChI=1S/C21H28N2O3/c1-16-15-17-5-2-3-6-18(17)23(16)11-8-20(25)22-12-9-21(10-13-22)19(24)7-4-14-26-21/h2-3,5-6,15,19,24H,4,7-14H2,1H3. The van der Waals surface area contributed by atoms with Crippen molar-refractivity contribution >= 4 is 16.8 Å². The van der Waals surface area contributed by atoms with Gasteiger partial charge in [-0.2, -0.15) is 0 Å². The van der Waals surface area contributed by atoms with Gasteiger partial charge in [0.2, 0.25) is 5.91 Å². The molecular formula is C21H28N2O3. The van der Waals surface area contributed by atoms with Gasteiger partial charge in [0.15, 0.2) is 0 Å². The van der Waals surface area contributed by atoms with Crippen molar-refractivity contribution in [2.75, 3.05) is 19.7 Å². The first kappa shape index (κ1) is 17.6. The molecule has 0 radical (unpaired) electrons. The van der Waals surface area contributed by atoms with Gasteiger partial charge in [0.1, 0.15) is 0 Å². The van der Waals surface area contributed by atoms with E-state index in [1.165, 1.54) is 16.6 Å². The van der Waals surface area contributed by atoms with Gasteiger partial charge in [-0.1, -0.05) is 18.2 Å². The number of aryl methyl sites for hydroxylation is 2. The fourth-order valence-corrected chi connectivity index (χ4v) is 4.53. The monoisotopic (exact) mass is 356 g/mol. The van der Waals surface area contributed by atoms with Crippen LogP contribution in [0.4, 0.5) is 0 Å². The molecule has 2 saturated heterocycles. The van der Waals surface area contributed by atoms with E-state index < -0.39 is 5.60 Å². The number of para-hydroxylation sites is 1. The first-order valence-corrected chi connectivity index (χ1v) is 9.74. The third-order valence-corrected chi connectivity index (χ3v) is 6.15. The van der Waals surface area contributed by atoms with Gasteiger partial charge in [0.05, 0.1) is 11.7 Å². The number of aliphatic hydroxyl groups is 1. The van der Waals surface area contributed by atoms with Gasteiger partial charge in [-0.05, 0) is 50.1 Å². The van der Waals surface area contributed by atoms with E-state index in [4.69, 9.17) is 4.74 Å². The van der Waals surface area contributed by atoms with Gasteiger partial charge in [-0.3, -0.25) is 4.79 Å². The number of benzene rings is 1. The van der Waals surface area contributed by atoms with Crippen LogP contribution >= 0.6 is 0 Å². The van der Waals surface area contributed by atoms with Crippen molar-refractivity contribution in [3.63, 3.8) is 0 Å². The number of aliphatic hydroxyl groups excluding tert-OH is 1. The van der Waals surface area contributed by atoms with E-state index in [1.807, 2.05) is 17.0 Å². The van der Waals surface area contributed by atoms with Crippen molar-refractivity contribution in [3.05, 3.63) is 36.0 Å². The van der Waals surface area contributed by atoms with Crippen LogP contribution in [0.25, 0.3) is 10.9 Å². The van der Waals surface area contributed by atoms with Crippen molar-refractivity contribution in [1.82, 2.24) is 9.47 Å². The lowest BCUT2D eigenvalue weighted by atomic mass is 9.82. The highest BCUT2D eigenvalue weighted by molar-refractivity contribution is 5.81. The van der Waals surface area contributed by atoms with E-state index in [2.05, 4.69) is 29.7 Å². The normalized spacial score (nSPS) is 22.8. The third kappa shape index (κ3) is 3.14. The summed E-state index contributed by atoms with van der Waals surface area (Å²) in [6.45, 7) is 4.89. The average molecular weight is 356 g/mol. The molecule has 2 aromatic rings. The maximum Gasteiger partial charge on any atom is 0.224 e. The summed E-state index contributed by atoms with van der Waals surface area (Å²) in [6.07, 6.45) is 3.35. The molecule has 2 fully saturated rings. The predicted molar refractivity (Wildman–Crippen MR) is 101 cm³/mol. The van der Waals surface area contributed by atoms with Crippen molar-refractivity contribution in [2.45, 2.75) is 57.3 Å². The van der Waals surface area contributed by atoms with Gasteiger partial charge < -0.3 is 19.3 Å². The molecule has 5 nitrogen and oxygen atoms in total. The van der Waals surface area contributed by atoms with Gasteiger partial charge in [0, 0.05) is 43.9 Å². The topological polar surface area (TPSA) is 54.7 Å². The van der Waals surface area contributed by atoms with Crippen molar-refractivity contribution in [2.24, 2.45) is 0 Å². The number of carbonyl (C=O) groups excluding carboxylic acids is 1. The Kier molecular flexibility index (Phi) is 4.76. The average Bonchev–Trinajstić information content (AvgIpc) is 2.98. The molecule has 26 heavy (non-hydrogen) atoms. The quantitative estimate of drug-likeness (QED) is 0.920. The van der Waals surface area contributed by atoms with Crippen LogP contribution < -0.4 is 0 Å². The Morgan fingerprint density at radius 3 is 2.85 bits per heavy atom. The van der Waals surface area contributed by atoms with Crippen LogP contribution in [-0.4, -0.2) is 51.9 Å². The molecule has 2 aliphatic rings. The smallest absolute Gasteiger partial charge is 0.224 e. The highest BCUT2D eigenvalue weighted by Crippen LogP contribution is 2.35. The summed E-state index contributed by atoms with van der Waals surface area (Å²) in [4.78, 5) is 14.6. The number of piperidine rings is 1. The number of hydrogen-bond donors (Lipinski definition) is 1. The van der Waals surface area contributed by atoms with Gasteiger partial charge in [0.25, 0.3) is 0 Å². The first-order chi connectivity index (χ1) is 12.6. The molecule has 1 amide bonds. The fraction of sp³-hybridized carbons (Fsp3) is 0.571. The minimum absolute atomic E-state index is 0.197. The van der Waals surface area contributed by atoms with E-state index >= 15 is 0 Å². The SMILES string of the molecule is Cc1cc2ccccc2n1CCC(=O)N1CCC2(CC1)OCCCC2O. The molecule has 1 spiro atoms. The largest absolute Gasteiger partial charge is 0.390 e. The van der Waals surface area contributed by atoms with E-state index in [0.29, 0.717) is 26.1 Å². The first-order valence-electron chi connectivity index (χ1n) is 9.74. The molecule has 140 valence electrons. The molecule has 5 heteroatoms. The number of carbonyl (C=O) groups is 1. The Morgan fingerprint density at radius 1 is 1.31 bits per heavy atom. The number of amides is 1. The molecule has 1 aromatic heterocycles. The summed E-state index contributed by atoms with van der Waals surface area (Å²) < 4.78 is 8.17. The summed E-state index contributed by atoms with van der Waals surface area (Å²) in [5.74, 6) is 0.197. The fourth-order valence-electron chi connectivity index (χ4n) is 4.53.